The quantitative estimate of drug-likeness (QED) is 0.389. The Bertz CT molecular complexity index is 1250. The highest BCUT2D eigenvalue weighted by Gasteiger charge is 2.12. The first-order valence-electron chi connectivity index (χ1n) is 11.2. The van der Waals surface area contributed by atoms with E-state index in [9.17, 15) is 4.79 Å². The van der Waals surface area contributed by atoms with Crippen LogP contribution in [0.25, 0.3) is 5.82 Å². The molecule has 1 amide bonds. The number of nitrogens with one attached hydrogen (secondary N) is 1. The first-order valence-corrected chi connectivity index (χ1v) is 11.2. The predicted molar refractivity (Wildman–Crippen MR) is 129 cm³/mol. The summed E-state index contributed by atoms with van der Waals surface area (Å²) in [5.41, 5.74) is 3.11. The molecule has 0 unspecified atom stereocenters. The molecule has 0 saturated heterocycles. The van der Waals surface area contributed by atoms with Crippen molar-refractivity contribution < 1.29 is 14.3 Å². The van der Waals surface area contributed by atoms with Crippen molar-refractivity contribution >= 4 is 5.91 Å². The van der Waals surface area contributed by atoms with E-state index < -0.39 is 0 Å². The van der Waals surface area contributed by atoms with E-state index in [1.54, 1.807) is 35.3 Å². The Morgan fingerprint density at radius 2 is 1.82 bits per heavy atom. The lowest BCUT2D eigenvalue weighted by atomic mass is 10.2. The van der Waals surface area contributed by atoms with Gasteiger partial charge < -0.3 is 14.8 Å². The van der Waals surface area contributed by atoms with E-state index in [1.807, 2.05) is 50.2 Å². The minimum Gasteiger partial charge on any atom is -0.494 e. The van der Waals surface area contributed by atoms with Gasteiger partial charge in [0, 0.05) is 30.2 Å². The van der Waals surface area contributed by atoms with E-state index in [1.165, 1.54) is 0 Å². The number of pyridine rings is 2. The summed E-state index contributed by atoms with van der Waals surface area (Å²) in [5.74, 6) is 2.29. The van der Waals surface area contributed by atoms with Crippen LogP contribution in [0.4, 0.5) is 0 Å². The van der Waals surface area contributed by atoms with Gasteiger partial charge in [0.25, 0.3) is 5.91 Å². The third-order valence-electron chi connectivity index (χ3n) is 5.04. The normalized spacial score (nSPS) is 10.7. The van der Waals surface area contributed by atoms with Gasteiger partial charge >= 0.3 is 0 Å². The van der Waals surface area contributed by atoms with Crippen LogP contribution in [-0.4, -0.2) is 32.3 Å². The minimum atomic E-state index is -0.236. The van der Waals surface area contributed by atoms with Crippen molar-refractivity contribution in [1.29, 1.82) is 0 Å². The number of benzene rings is 1. The van der Waals surface area contributed by atoms with Crippen molar-refractivity contribution in [3.8, 4) is 23.2 Å². The Balaban J connectivity index is 1.39. The first-order chi connectivity index (χ1) is 16.5. The smallest absolute Gasteiger partial charge is 0.253 e. The summed E-state index contributed by atoms with van der Waals surface area (Å²) < 4.78 is 13.3. The first kappa shape index (κ1) is 23.0. The number of aryl methyl sites for hydroxylation is 2. The summed E-state index contributed by atoms with van der Waals surface area (Å²) in [5, 5.41) is 7.33. The van der Waals surface area contributed by atoms with E-state index in [0.717, 1.165) is 29.1 Å². The van der Waals surface area contributed by atoms with Gasteiger partial charge in [-0.2, -0.15) is 5.10 Å². The van der Waals surface area contributed by atoms with Crippen LogP contribution >= 0.6 is 0 Å². The van der Waals surface area contributed by atoms with Crippen molar-refractivity contribution in [3.05, 3.63) is 89.5 Å². The molecule has 0 spiro atoms. The Kier molecular flexibility index (Phi) is 7.17. The molecule has 3 aromatic heterocycles. The number of ether oxygens (including phenoxy) is 2. The largest absolute Gasteiger partial charge is 0.494 e. The SMILES string of the molecule is CCCOc1ccc(Oc2ncccc2CNC(=O)c2ccc(-n3nc(C)cc3C)nc2)cc1. The van der Waals surface area contributed by atoms with Crippen LogP contribution < -0.4 is 14.8 Å². The average Bonchev–Trinajstić information content (AvgIpc) is 3.20. The number of carbonyl (C=O) groups is 1. The van der Waals surface area contributed by atoms with E-state index in [4.69, 9.17) is 9.47 Å². The van der Waals surface area contributed by atoms with Crippen LogP contribution in [0.15, 0.2) is 67.0 Å². The van der Waals surface area contributed by atoms with Gasteiger partial charge in [0.05, 0.1) is 17.9 Å². The Morgan fingerprint density at radius 3 is 2.50 bits per heavy atom. The minimum absolute atomic E-state index is 0.236. The fourth-order valence-corrected chi connectivity index (χ4v) is 3.37. The number of carbonyl (C=O) groups excluding carboxylic acids is 1. The molecular weight excluding hydrogens is 430 g/mol. The number of nitrogens with zero attached hydrogens (tertiary/aromatic N) is 4. The van der Waals surface area contributed by atoms with Crippen LogP contribution in [0.2, 0.25) is 0 Å². The highest BCUT2D eigenvalue weighted by Crippen LogP contribution is 2.25. The van der Waals surface area contributed by atoms with Crippen LogP contribution in [0.5, 0.6) is 17.4 Å². The van der Waals surface area contributed by atoms with Gasteiger partial charge in [-0.05, 0) is 68.8 Å². The lowest BCUT2D eigenvalue weighted by Crippen LogP contribution is -2.23. The molecule has 0 aliphatic carbocycles. The molecule has 4 rings (SSSR count). The predicted octanol–water partition coefficient (Wildman–Crippen LogP) is 4.79. The monoisotopic (exact) mass is 457 g/mol. The maximum absolute atomic E-state index is 12.7. The maximum atomic E-state index is 12.7. The van der Waals surface area contributed by atoms with Crippen molar-refractivity contribution in [3.63, 3.8) is 0 Å². The Labute approximate surface area is 198 Å². The van der Waals surface area contributed by atoms with Crippen molar-refractivity contribution in [2.45, 2.75) is 33.7 Å². The summed E-state index contributed by atoms with van der Waals surface area (Å²) >= 11 is 0. The molecule has 0 radical (unpaired) electrons. The third kappa shape index (κ3) is 5.58. The maximum Gasteiger partial charge on any atom is 0.253 e. The summed E-state index contributed by atoms with van der Waals surface area (Å²) in [6.45, 7) is 6.89. The number of aromatic nitrogens is 4. The third-order valence-corrected chi connectivity index (χ3v) is 5.04. The van der Waals surface area contributed by atoms with Crippen LogP contribution in [-0.2, 0) is 6.54 Å². The lowest BCUT2D eigenvalue weighted by molar-refractivity contribution is 0.0950. The zero-order valence-electron chi connectivity index (χ0n) is 19.5. The second kappa shape index (κ2) is 10.6. The average molecular weight is 458 g/mol. The van der Waals surface area contributed by atoms with Gasteiger partial charge in [-0.25, -0.2) is 14.6 Å². The second-order valence-corrected chi connectivity index (χ2v) is 7.82. The standard InChI is InChI=1S/C26H27N5O3/c1-4-14-33-22-8-10-23(11-9-22)34-26-21(6-5-13-27-26)17-29-25(32)20-7-12-24(28-16-20)31-19(3)15-18(2)30-31/h5-13,15-16H,4,14,17H2,1-3H3,(H,29,32). The highest BCUT2D eigenvalue weighted by atomic mass is 16.5. The molecule has 4 aromatic rings. The molecule has 174 valence electrons. The molecule has 0 saturated carbocycles. The van der Waals surface area contributed by atoms with Crippen LogP contribution in [0.1, 0.15) is 40.7 Å². The van der Waals surface area contributed by atoms with Gasteiger partial charge in [0.1, 0.15) is 11.5 Å². The molecule has 0 fully saturated rings. The lowest BCUT2D eigenvalue weighted by Gasteiger charge is -2.12. The molecule has 0 aliphatic rings. The van der Waals surface area contributed by atoms with Crippen molar-refractivity contribution in [1.82, 2.24) is 25.1 Å². The molecule has 8 heteroatoms. The van der Waals surface area contributed by atoms with E-state index in [0.29, 0.717) is 29.6 Å². The van der Waals surface area contributed by atoms with Crippen LogP contribution in [0, 0.1) is 13.8 Å². The summed E-state index contributed by atoms with van der Waals surface area (Å²) in [6, 6.07) is 16.5. The fourth-order valence-electron chi connectivity index (χ4n) is 3.37. The fraction of sp³-hybridized carbons (Fsp3) is 0.231. The summed E-state index contributed by atoms with van der Waals surface area (Å²) in [4.78, 5) is 21.4. The molecule has 0 atom stereocenters. The number of hydrogen-bond donors (Lipinski definition) is 1. The van der Waals surface area contributed by atoms with Gasteiger partial charge in [-0.15, -0.1) is 0 Å². The Hall–Kier alpha value is -4.20. The molecule has 8 nitrogen and oxygen atoms in total. The summed E-state index contributed by atoms with van der Waals surface area (Å²) in [6.07, 6.45) is 4.15. The van der Waals surface area contributed by atoms with Crippen molar-refractivity contribution in [2.75, 3.05) is 6.61 Å². The molecule has 34 heavy (non-hydrogen) atoms. The van der Waals surface area contributed by atoms with Gasteiger partial charge in [-0.3, -0.25) is 4.79 Å². The summed E-state index contributed by atoms with van der Waals surface area (Å²) in [7, 11) is 0. The number of amides is 1. The number of rotatable bonds is 9. The van der Waals surface area contributed by atoms with E-state index in [2.05, 4.69) is 27.3 Å². The highest BCUT2D eigenvalue weighted by molar-refractivity contribution is 5.93. The van der Waals surface area contributed by atoms with E-state index in [-0.39, 0.29) is 12.5 Å². The molecule has 3 heterocycles. The van der Waals surface area contributed by atoms with Crippen LogP contribution in [0.3, 0.4) is 0 Å². The molecule has 1 N–H and O–H groups in total. The van der Waals surface area contributed by atoms with Gasteiger partial charge in [0.2, 0.25) is 5.88 Å². The number of hydrogen-bond acceptors (Lipinski definition) is 6. The molecular formula is C26H27N5O3. The van der Waals surface area contributed by atoms with Gasteiger partial charge in [0.15, 0.2) is 5.82 Å². The van der Waals surface area contributed by atoms with Crippen molar-refractivity contribution in [2.24, 2.45) is 0 Å². The van der Waals surface area contributed by atoms with Gasteiger partial charge in [-0.1, -0.05) is 13.0 Å². The van der Waals surface area contributed by atoms with E-state index >= 15 is 0 Å². The molecule has 0 aliphatic heterocycles. The Morgan fingerprint density at radius 1 is 1.03 bits per heavy atom. The zero-order valence-corrected chi connectivity index (χ0v) is 19.5. The topological polar surface area (TPSA) is 91.2 Å². The molecule has 0 bridgehead atoms. The molecule has 1 aromatic carbocycles. The second-order valence-electron chi connectivity index (χ2n) is 7.82. The zero-order chi connectivity index (χ0) is 23.9.